The summed E-state index contributed by atoms with van der Waals surface area (Å²) < 4.78 is 13.1. The number of aromatic nitrogens is 2. The second-order valence-electron chi connectivity index (χ2n) is 3.42. The summed E-state index contributed by atoms with van der Waals surface area (Å²) in [6, 6.07) is 7.78. The Morgan fingerprint density at radius 2 is 2.00 bits per heavy atom. The molecule has 2 aromatic rings. The molecule has 0 bridgehead atoms. The van der Waals surface area contributed by atoms with Crippen molar-refractivity contribution >= 4 is 17.8 Å². The average molecular weight is 249 g/mol. The number of ether oxygens (including phenoxy) is 1. The van der Waals surface area contributed by atoms with Crippen molar-refractivity contribution in [3.05, 3.63) is 29.8 Å². The lowest BCUT2D eigenvalue weighted by atomic mass is 10.1. The second-order valence-corrected chi connectivity index (χ2v) is 3.95. The summed E-state index contributed by atoms with van der Waals surface area (Å²) in [5, 5.41) is 2.37. The average Bonchev–Trinajstić information content (AvgIpc) is 2.78. The van der Waals surface area contributed by atoms with Crippen LogP contribution >= 0.6 is 11.7 Å². The fourth-order valence-corrected chi connectivity index (χ4v) is 1.78. The van der Waals surface area contributed by atoms with Gasteiger partial charge in [-0.2, -0.15) is 4.37 Å². The van der Waals surface area contributed by atoms with Gasteiger partial charge in [0, 0.05) is 12.6 Å². The molecule has 0 atom stereocenters. The first-order valence-electron chi connectivity index (χ1n) is 5.00. The van der Waals surface area contributed by atoms with E-state index in [-0.39, 0.29) is 5.88 Å². The minimum atomic E-state index is -0.550. The van der Waals surface area contributed by atoms with Crippen LogP contribution in [-0.4, -0.2) is 21.9 Å². The number of nitrogens with zero attached hydrogens (tertiary/aromatic N) is 2. The predicted molar refractivity (Wildman–Crippen MR) is 65.2 cm³/mol. The first-order valence-corrected chi connectivity index (χ1v) is 5.73. The van der Waals surface area contributed by atoms with E-state index in [1.54, 1.807) is 0 Å². The van der Waals surface area contributed by atoms with Crippen LogP contribution in [0.3, 0.4) is 0 Å². The van der Waals surface area contributed by atoms with Gasteiger partial charge in [0.1, 0.15) is 5.69 Å². The van der Waals surface area contributed by atoms with E-state index in [0.29, 0.717) is 5.69 Å². The summed E-state index contributed by atoms with van der Waals surface area (Å²) in [4.78, 5) is 11.1. The number of carbonyl (C=O) groups is 1. The number of carbonyl (C=O) groups excluding carboxylic acids is 1. The number of aryl methyl sites for hydroxylation is 1. The Hall–Kier alpha value is -1.95. The SMILES string of the molecule is CNC(=O)Oc1nsnc1-c1ccc(C)cc1. The number of hydrogen-bond acceptors (Lipinski definition) is 5. The Bertz CT molecular complexity index is 522. The largest absolute Gasteiger partial charge is 0.413 e. The van der Waals surface area contributed by atoms with Crippen molar-refractivity contribution in [1.29, 1.82) is 0 Å². The second kappa shape index (κ2) is 4.92. The minimum Gasteiger partial charge on any atom is -0.388 e. The van der Waals surface area contributed by atoms with Gasteiger partial charge in [-0.05, 0) is 6.92 Å². The van der Waals surface area contributed by atoms with Crippen LogP contribution in [0.1, 0.15) is 5.56 Å². The number of benzene rings is 1. The van der Waals surface area contributed by atoms with Crippen molar-refractivity contribution in [3.8, 4) is 17.1 Å². The Kier molecular flexibility index (Phi) is 3.34. The van der Waals surface area contributed by atoms with Gasteiger partial charge in [-0.3, -0.25) is 0 Å². The third kappa shape index (κ3) is 2.59. The molecule has 0 radical (unpaired) electrons. The van der Waals surface area contributed by atoms with E-state index >= 15 is 0 Å². The van der Waals surface area contributed by atoms with E-state index in [1.165, 1.54) is 7.05 Å². The molecule has 0 saturated carbocycles. The van der Waals surface area contributed by atoms with Crippen molar-refractivity contribution in [3.63, 3.8) is 0 Å². The van der Waals surface area contributed by atoms with Crippen LogP contribution in [0, 0.1) is 6.92 Å². The normalized spacial score (nSPS) is 10.0. The summed E-state index contributed by atoms with van der Waals surface area (Å²) in [6.45, 7) is 2.00. The van der Waals surface area contributed by atoms with Gasteiger partial charge in [-0.15, -0.1) is 4.37 Å². The molecule has 1 amide bonds. The van der Waals surface area contributed by atoms with Gasteiger partial charge >= 0.3 is 6.09 Å². The lowest BCUT2D eigenvalue weighted by Crippen LogP contribution is -2.22. The lowest BCUT2D eigenvalue weighted by Gasteiger charge is -2.02. The van der Waals surface area contributed by atoms with Crippen LogP contribution in [0.15, 0.2) is 24.3 Å². The van der Waals surface area contributed by atoms with Crippen LogP contribution in [-0.2, 0) is 0 Å². The Morgan fingerprint density at radius 1 is 1.29 bits per heavy atom. The highest BCUT2D eigenvalue weighted by Gasteiger charge is 2.14. The monoisotopic (exact) mass is 249 g/mol. The van der Waals surface area contributed by atoms with Gasteiger partial charge in [-0.25, -0.2) is 4.79 Å². The van der Waals surface area contributed by atoms with Crippen molar-refractivity contribution in [2.45, 2.75) is 6.92 Å². The first kappa shape index (κ1) is 11.5. The van der Waals surface area contributed by atoms with Crippen LogP contribution in [0.5, 0.6) is 5.88 Å². The maximum absolute atomic E-state index is 11.1. The van der Waals surface area contributed by atoms with Crippen molar-refractivity contribution in [2.24, 2.45) is 0 Å². The standard InChI is InChI=1S/C11H11N3O2S/c1-7-3-5-8(6-4-7)9-10(14-17-13-9)16-11(15)12-2/h3-6H,1-2H3,(H,12,15). The number of nitrogens with one attached hydrogen (secondary N) is 1. The van der Waals surface area contributed by atoms with E-state index in [2.05, 4.69) is 14.1 Å². The third-order valence-corrected chi connectivity index (χ3v) is 2.69. The number of hydrogen-bond donors (Lipinski definition) is 1. The molecule has 1 aromatic heterocycles. The highest BCUT2D eigenvalue weighted by Crippen LogP contribution is 2.27. The van der Waals surface area contributed by atoms with Gasteiger partial charge in [0.2, 0.25) is 0 Å². The molecule has 0 aliphatic rings. The van der Waals surface area contributed by atoms with E-state index in [0.717, 1.165) is 22.9 Å². The molecule has 17 heavy (non-hydrogen) atoms. The molecule has 1 N–H and O–H groups in total. The zero-order valence-corrected chi connectivity index (χ0v) is 10.2. The van der Waals surface area contributed by atoms with E-state index in [9.17, 15) is 4.79 Å². The van der Waals surface area contributed by atoms with Crippen LogP contribution in [0.4, 0.5) is 4.79 Å². The molecule has 0 aliphatic carbocycles. The molecule has 0 saturated heterocycles. The summed E-state index contributed by atoms with van der Waals surface area (Å²) in [5.74, 6) is 0.234. The summed E-state index contributed by atoms with van der Waals surface area (Å²) >= 11 is 1.01. The van der Waals surface area contributed by atoms with E-state index in [1.807, 2.05) is 31.2 Å². The smallest absolute Gasteiger partial charge is 0.388 e. The topological polar surface area (TPSA) is 64.1 Å². The summed E-state index contributed by atoms with van der Waals surface area (Å²) in [6.07, 6.45) is -0.550. The maximum Gasteiger partial charge on any atom is 0.413 e. The Balaban J connectivity index is 2.30. The lowest BCUT2D eigenvalue weighted by molar-refractivity contribution is 0.201. The van der Waals surface area contributed by atoms with Crippen LogP contribution < -0.4 is 10.1 Å². The minimum absolute atomic E-state index is 0.234. The Labute approximate surface area is 103 Å². The van der Waals surface area contributed by atoms with Gasteiger partial charge in [0.05, 0.1) is 11.7 Å². The molecule has 88 valence electrons. The quantitative estimate of drug-likeness (QED) is 0.886. The van der Waals surface area contributed by atoms with Gasteiger partial charge in [-0.1, -0.05) is 29.8 Å². The highest BCUT2D eigenvalue weighted by atomic mass is 32.1. The van der Waals surface area contributed by atoms with Crippen molar-refractivity contribution in [2.75, 3.05) is 7.05 Å². The molecule has 6 heteroatoms. The molecule has 0 spiro atoms. The van der Waals surface area contributed by atoms with Crippen molar-refractivity contribution in [1.82, 2.24) is 14.1 Å². The third-order valence-electron chi connectivity index (χ3n) is 2.18. The predicted octanol–water partition coefficient (Wildman–Crippen LogP) is 2.23. The summed E-state index contributed by atoms with van der Waals surface area (Å²) in [5.41, 5.74) is 2.62. The molecule has 0 aliphatic heterocycles. The summed E-state index contributed by atoms with van der Waals surface area (Å²) in [7, 11) is 1.49. The molecular formula is C11H11N3O2S. The van der Waals surface area contributed by atoms with Gasteiger partial charge < -0.3 is 10.1 Å². The van der Waals surface area contributed by atoms with E-state index in [4.69, 9.17) is 4.74 Å². The van der Waals surface area contributed by atoms with Crippen LogP contribution in [0.25, 0.3) is 11.3 Å². The first-order chi connectivity index (χ1) is 8.20. The number of rotatable bonds is 2. The fourth-order valence-electron chi connectivity index (χ4n) is 1.27. The van der Waals surface area contributed by atoms with Gasteiger partial charge in [0.15, 0.2) is 0 Å². The zero-order valence-electron chi connectivity index (χ0n) is 9.43. The molecule has 1 heterocycles. The maximum atomic E-state index is 11.1. The van der Waals surface area contributed by atoms with E-state index < -0.39 is 6.09 Å². The molecular weight excluding hydrogens is 238 g/mol. The zero-order chi connectivity index (χ0) is 12.3. The van der Waals surface area contributed by atoms with Crippen molar-refractivity contribution < 1.29 is 9.53 Å². The van der Waals surface area contributed by atoms with Gasteiger partial charge in [0.25, 0.3) is 5.88 Å². The molecule has 2 rings (SSSR count). The van der Waals surface area contributed by atoms with Crippen LogP contribution in [0.2, 0.25) is 0 Å². The molecule has 0 fully saturated rings. The molecule has 1 aromatic carbocycles. The highest BCUT2D eigenvalue weighted by molar-refractivity contribution is 6.99. The number of amides is 1. The molecule has 5 nitrogen and oxygen atoms in total. The fraction of sp³-hybridized carbons (Fsp3) is 0.182. The Morgan fingerprint density at radius 3 is 2.65 bits per heavy atom. The molecule has 0 unspecified atom stereocenters.